The molecule has 8 heteroatoms. The first-order valence-electron chi connectivity index (χ1n) is 10.6. The summed E-state index contributed by atoms with van der Waals surface area (Å²) in [5, 5.41) is 6.19. The van der Waals surface area contributed by atoms with E-state index in [4.69, 9.17) is 4.74 Å². The lowest BCUT2D eigenvalue weighted by molar-refractivity contribution is 0.0950. The average molecular weight is 438 g/mol. The van der Waals surface area contributed by atoms with Gasteiger partial charge in [0.15, 0.2) is 0 Å². The van der Waals surface area contributed by atoms with Crippen LogP contribution in [0.25, 0.3) is 5.65 Å². The fourth-order valence-electron chi connectivity index (χ4n) is 3.58. The first-order chi connectivity index (χ1) is 16.2. The second-order valence-corrected chi connectivity index (χ2v) is 7.60. The molecule has 8 nitrogen and oxygen atoms in total. The molecular weight excluding hydrogens is 416 g/mol. The van der Waals surface area contributed by atoms with Crippen LogP contribution in [0.5, 0.6) is 11.5 Å². The Bertz CT molecular complexity index is 1390. The van der Waals surface area contributed by atoms with E-state index in [1.165, 1.54) is 0 Å². The highest BCUT2D eigenvalue weighted by molar-refractivity contribution is 5.96. The molecule has 0 unspecified atom stereocenters. The van der Waals surface area contributed by atoms with Crippen molar-refractivity contribution in [3.8, 4) is 11.5 Å². The monoisotopic (exact) mass is 438 g/mol. The number of benzene rings is 1. The zero-order chi connectivity index (χ0) is 22.6. The van der Waals surface area contributed by atoms with Crippen molar-refractivity contribution in [2.24, 2.45) is 4.99 Å². The largest absolute Gasteiger partial charge is 0.457 e. The molecule has 5 rings (SSSR count). The normalized spacial score (nSPS) is 12.6. The lowest BCUT2D eigenvalue weighted by Crippen LogP contribution is -2.23. The Kier molecular flexibility index (Phi) is 5.55. The van der Waals surface area contributed by atoms with Gasteiger partial charge in [-0.1, -0.05) is 12.1 Å². The van der Waals surface area contributed by atoms with Gasteiger partial charge in [-0.25, -0.2) is 9.97 Å². The Balaban J connectivity index is 1.28. The number of fused-ring (bicyclic) bond motifs is 1. The smallest absolute Gasteiger partial charge is 0.251 e. The minimum absolute atomic E-state index is 0.159. The number of hydrogen-bond acceptors (Lipinski definition) is 6. The zero-order valence-electron chi connectivity index (χ0n) is 18.0. The molecule has 0 radical (unpaired) electrons. The lowest BCUT2D eigenvalue weighted by atomic mass is 10.1. The molecule has 0 atom stereocenters. The van der Waals surface area contributed by atoms with Gasteiger partial charge in [-0.15, -0.1) is 0 Å². The van der Waals surface area contributed by atoms with Crippen molar-refractivity contribution < 1.29 is 9.53 Å². The van der Waals surface area contributed by atoms with Crippen molar-refractivity contribution in [3.05, 3.63) is 95.7 Å². The highest BCUT2D eigenvalue weighted by atomic mass is 16.5. The molecule has 1 aliphatic rings. The number of allylic oxidation sites excluding steroid dienone is 1. The summed E-state index contributed by atoms with van der Waals surface area (Å²) in [6, 6.07) is 12.9. The number of amides is 1. The molecule has 164 valence electrons. The van der Waals surface area contributed by atoms with E-state index >= 15 is 0 Å². The molecule has 0 saturated carbocycles. The third-order valence-electron chi connectivity index (χ3n) is 5.31. The molecule has 3 aromatic heterocycles. The van der Waals surface area contributed by atoms with Gasteiger partial charge in [-0.05, 0) is 42.8 Å². The fraction of sp³-hybridized carbons (Fsp3) is 0.120. The standard InChI is InChI=1S/C25H22N6O2/c1-17-21(25(32)29-14-18-5-6-24-28-11-12-31(24)16-18)3-2-4-22(17)33-20-8-10-27-23(13-20)30-19-7-9-26-15-19/h2-8,10-13,15-16H,9,14H2,1H3,(H,27,30)(H,29,32). The Morgan fingerprint density at radius 2 is 2.09 bits per heavy atom. The van der Waals surface area contributed by atoms with E-state index in [2.05, 4.69) is 25.6 Å². The third kappa shape index (κ3) is 4.59. The number of aromatic nitrogens is 3. The van der Waals surface area contributed by atoms with Crippen molar-refractivity contribution in [2.45, 2.75) is 13.5 Å². The van der Waals surface area contributed by atoms with Gasteiger partial charge in [0, 0.05) is 54.7 Å². The summed E-state index contributed by atoms with van der Waals surface area (Å²) in [4.78, 5) is 25.6. The number of ether oxygens (including phenoxy) is 1. The molecule has 0 aliphatic carbocycles. The summed E-state index contributed by atoms with van der Waals surface area (Å²) in [5.74, 6) is 1.74. The van der Waals surface area contributed by atoms with E-state index in [0.717, 1.165) is 22.5 Å². The molecule has 0 fully saturated rings. The predicted octanol–water partition coefficient (Wildman–Crippen LogP) is 4.14. The Morgan fingerprint density at radius 3 is 2.97 bits per heavy atom. The molecule has 1 aromatic carbocycles. The van der Waals surface area contributed by atoms with E-state index in [0.29, 0.717) is 36.0 Å². The van der Waals surface area contributed by atoms with Crippen LogP contribution in [0.1, 0.15) is 21.5 Å². The molecule has 33 heavy (non-hydrogen) atoms. The fourth-order valence-corrected chi connectivity index (χ4v) is 3.58. The topological polar surface area (TPSA) is 92.9 Å². The Morgan fingerprint density at radius 1 is 1.15 bits per heavy atom. The van der Waals surface area contributed by atoms with Crippen molar-refractivity contribution in [1.82, 2.24) is 19.7 Å². The molecule has 1 aliphatic heterocycles. The van der Waals surface area contributed by atoms with Gasteiger partial charge in [0.05, 0.1) is 12.2 Å². The van der Waals surface area contributed by atoms with E-state index in [-0.39, 0.29) is 5.91 Å². The quantitative estimate of drug-likeness (QED) is 0.452. The van der Waals surface area contributed by atoms with Crippen molar-refractivity contribution in [2.75, 3.05) is 11.9 Å². The minimum atomic E-state index is -0.159. The van der Waals surface area contributed by atoms with Gasteiger partial charge < -0.3 is 19.8 Å². The van der Waals surface area contributed by atoms with E-state index < -0.39 is 0 Å². The number of aliphatic imine (C=N–C) groups is 1. The average Bonchev–Trinajstić information content (AvgIpc) is 3.51. The van der Waals surface area contributed by atoms with Gasteiger partial charge in [0.2, 0.25) is 0 Å². The third-order valence-corrected chi connectivity index (χ3v) is 5.31. The van der Waals surface area contributed by atoms with Crippen LogP contribution in [0, 0.1) is 6.92 Å². The predicted molar refractivity (Wildman–Crippen MR) is 127 cm³/mol. The molecular formula is C25H22N6O2. The molecule has 4 heterocycles. The van der Waals surface area contributed by atoms with E-state index in [1.807, 2.05) is 60.1 Å². The minimum Gasteiger partial charge on any atom is -0.457 e. The maximum Gasteiger partial charge on any atom is 0.251 e. The van der Waals surface area contributed by atoms with Crippen LogP contribution < -0.4 is 15.4 Å². The van der Waals surface area contributed by atoms with Crippen LogP contribution in [-0.4, -0.2) is 33.0 Å². The van der Waals surface area contributed by atoms with Crippen LogP contribution in [0.15, 0.2) is 84.0 Å². The van der Waals surface area contributed by atoms with Gasteiger partial charge in [-0.2, -0.15) is 0 Å². The highest BCUT2D eigenvalue weighted by Gasteiger charge is 2.13. The number of nitrogens with one attached hydrogen (secondary N) is 2. The number of pyridine rings is 2. The van der Waals surface area contributed by atoms with Crippen LogP contribution in [0.4, 0.5) is 5.82 Å². The van der Waals surface area contributed by atoms with Gasteiger partial charge in [0.1, 0.15) is 23.0 Å². The van der Waals surface area contributed by atoms with E-state index in [9.17, 15) is 4.79 Å². The summed E-state index contributed by atoms with van der Waals surface area (Å²) in [7, 11) is 0. The molecule has 0 bridgehead atoms. The summed E-state index contributed by atoms with van der Waals surface area (Å²) in [5.41, 5.74) is 4.08. The second kappa shape index (κ2) is 8.96. The lowest BCUT2D eigenvalue weighted by Gasteiger charge is -2.13. The molecule has 0 saturated heterocycles. The second-order valence-electron chi connectivity index (χ2n) is 7.60. The molecule has 1 amide bonds. The Hall–Kier alpha value is -4.46. The van der Waals surface area contributed by atoms with E-state index in [1.54, 1.807) is 30.7 Å². The first-order valence-corrected chi connectivity index (χ1v) is 10.6. The number of nitrogens with zero attached hydrogens (tertiary/aromatic N) is 4. The van der Waals surface area contributed by atoms with Gasteiger partial charge >= 0.3 is 0 Å². The number of rotatable bonds is 7. The maximum absolute atomic E-state index is 12.9. The van der Waals surface area contributed by atoms with Crippen LogP contribution in [0.3, 0.4) is 0 Å². The SMILES string of the molecule is Cc1c(Oc2ccnc(NC3=CCN=C3)c2)cccc1C(=O)NCc1ccc2nccn2c1. The van der Waals surface area contributed by atoms with Gasteiger partial charge in [-0.3, -0.25) is 9.79 Å². The summed E-state index contributed by atoms with van der Waals surface area (Å²) in [6.45, 7) is 2.96. The molecule has 0 spiro atoms. The van der Waals surface area contributed by atoms with Crippen LogP contribution in [-0.2, 0) is 6.54 Å². The summed E-state index contributed by atoms with van der Waals surface area (Å²) >= 11 is 0. The zero-order valence-corrected chi connectivity index (χ0v) is 18.0. The molecule has 4 aromatic rings. The summed E-state index contributed by atoms with van der Waals surface area (Å²) < 4.78 is 8.01. The first kappa shape index (κ1) is 20.4. The summed E-state index contributed by atoms with van der Waals surface area (Å²) in [6.07, 6.45) is 11.0. The number of imidazole rings is 1. The molecule has 2 N–H and O–H groups in total. The number of carbonyl (C=O) groups excluding carboxylic acids is 1. The van der Waals surface area contributed by atoms with Crippen LogP contribution >= 0.6 is 0 Å². The number of hydrogen-bond donors (Lipinski definition) is 2. The number of anilines is 1. The highest BCUT2D eigenvalue weighted by Crippen LogP contribution is 2.28. The van der Waals surface area contributed by atoms with Crippen molar-refractivity contribution in [3.63, 3.8) is 0 Å². The van der Waals surface area contributed by atoms with Crippen molar-refractivity contribution >= 4 is 23.6 Å². The van der Waals surface area contributed by atoms with Gasteiger partial charge in [0.25, 0.3) is 5.91 Å². The number of carbonyl (C=O) groups is 1. The van der Waals surface area contributed by atoms with Crippen molar-refractivity contribution in [1.29, 1.82) is 0 Å². The Labute approximate surface area is 190 Å². The van der Waals surface area contributed by atoms with Crippen LogP contribution in [0.2, 0.25) is 0 Å². The maximum atomic E-state index is 12.9.